The molecule has 27 heavy (non-hydrogen) atoms. The van der Waals surface area contributed by atoms with Crippen LogP contribution in [-0.2, 0) is 13.0 Å². The molecule has 0 radical (unpaired) electrons. The summed E-state index contributed by atoms with van der Waals surface area (Å²) >= 11 is 0. The number of nitro benzene ring substituents is 1. The van der Waals surface area contributed by atoms with Crippen molar-refractivity contribution in [2.75, 3.05) is 27.9 Å². The molecule has 3 rings (SSSR count). The molecule has 8 heteroatoms. The zero-order valence-electron chi connectivity index (χ0n) is 15.4. The second-order valence-corrected chi connectivity index (χ2v) is 6.09. The first-order valence-electron chi connectivity index (χ1n) is 8.34. The van der Waals surface area contributed by atoms with E-state index in [0.717, 1.165) is 11.1 Å². The van der Waals surface area contributed by atoms with Gasteiger partial charge in [-0.05, 0) is 35.7 Å². The number of non-ortho nitro benzene ring substituents is 1. The van der Waals surface area contributed by atoms with Gasteiger partial charge >= 0.3 is 0 Å². The molecule has 0 unspecified atom stereocenters. The summed E-state index contributed by atoms with van der Waals surface area (Å²) in [5, 5.41) is 11.1. The van der Waals surface area contributed by atoms with Crippen LogP contribution < -0.4 is 14.2 Å². The van der Waals surface area contributed by atoms with Gasteiger partial charge in [-0.3, -0.25) is 14.9 Å². The van der Waals surface area contributed by atoms with Gasteiger partial charge in [0.25, 0.3) is 11.6 Å². The summed E-state index contributed by atoms with van der Waals surface area (Å²) in [5.41, 5.74) is 2.07. The standard InChI is InChI=1S/C19H20N2O6/c1-25-16-5-4-14(21(23)24)10-15(16)19(22)20-7-6-12-8-17(26-2)18(27-3)9-13(12)11-20/h4-5,8-10H,6-7,11H2,1-3H3. The fourth-order valence-electron chi connectivity index (χ4n) is 3.20. The summed E-state index contributed by atoms with van der Waals surface area (Å²) < 4.78 is 15.9. The molecule has 1 aliphatic heterocycles. The minimum absolute atomic E-state index is 0.150. The third-order valence-electron chi connectivity index (χ3n) is 4.63. The van der Waals surface area contributed by atoms with Crippen molar-refractivity contribution in [1.82, 2.24) is 4.90 Å². The molecule has 0 saturated heterocycles. The first-order chi connectivity index (χ1) is 13.0. The lowest BCUT2D eigenvalue weighted by Gasteiger charge is -2.30. The van der Waals surface area contributed by atoms with E-state index in [2.05, 4.69) is 0 Å². The van der Waals surface area contributed by atoms with E-state index in [9.17, 15) is 14.9 Å². The van der Waals surface area contributed by atoms with E-state index in [1.54, 1.807) is 19.1 Å². The molecule has 1 heterocycles. The van der Waals surface area contributed by atoms with Gasteiger partial charge in [-0.1, -0.05) is 0 Å². The number of nitro groups is 1. The van der Waals surface area contributed by atoms with Gasteiger partial charge in [0.2, 0.25) is 0 Å². The molecule has 0 saturated carbocycles. The molecule has 0 bridgehead atoms. The second-order valence-electron chi connectivity index (χ2n) is 6.09. The minimum atomic E-state index is -0.529. The second kappa shape index (κ2) is 7.53. The summed E-state index contributed by atoms with van der Waals surface area (Å²) in [4.78, 5) is 25.2. The Morgan fingerprint density at radius 3 is 2.22 bits per heavy atom. The van der Waals surface area contributed by atoms with E-state index in [1.165, 1.54) is 25.3 Å². The predicted octanol–water partition coefficient (Wildman–Crippen LogP) is 2.82. The maximum absolute atomic E-state index is 13.0. The van der Waals surface area contributed by atoms with Crippen molar-refractivity contribution in [3.05, 3.63) is 57.1 Å². The van der Waals surface area contributed by atoms with Crippen LogP contribution in [0.4, 0.5) is 5.69 Å². The summed E-state index contributed by atoms with van der Waals surface area (Å²) in [6.07, 6.45) is 0.651. The molecular formula is C19H20N2O6. The van der Waals surface area contributed by atoms with Crippen LogP contribution in [0.1, 0.15) is 21.5 Å². The third kappa shape index (κ3) is 3.51. The summed E-state index contributed by atoms with van der Waals surface area (Å²) in [5.74, 6) is 1.24. The number of nitrogens with zero attached hydrogens (tertiary/aromatic N) is 2. The molecule has 0 aromatic heterocycles. The monoisotopic (exact) mass is 372 g/mol. The van der Waals surface area contributed by atoms with E-state index in [-0.39, 0.29) is 17.2 Å². The summed E-state index contributed by atoms with van der Waals surface area (Å²) in [6.45, 7) is 0.869. The van der Waals surface area contributed by atoms with Crippen molar-refractivity contribution in [3.63, 3.8) is 0 Å². The average molecular weight is 372 g/mol. The molecule has 2 aromatic rings. The lowest BCUT2D eigenvalue weighted by Crippen LogP contribution is -2.36. The third-order valence-corrected chi connectivity index (χ3v) is 4.63. The number of fused-ring (bicyclic) bond motifs is 1. The Morgan fingerprint density at radius 2 is 1.63 bits per heavy atom. The van der Waals surface area contributed by atoms with Crippen LogP contribution in [0.15, 0.2) is 30.3 Å². The molecule has 1 amide bonds. The molecular weight excluding hydrogens is 352 g/mol. The van der Waals surface area contributed by atoms with Crippen LogP contribution in [0.3, 0.4) is 0 Å². The summed E-state index contributed by atoms with van der Waals surface area (Å²) in [7, 11) is 4.57. The lowest BCUT2D eigenvalue weighted by molar-refractivity contribution is -0.384. The first kappa shape index (κ1) is 18.5. The topological polar surface area (TPSA) is 91.1 Å². The van der Waals surface area contributed by atoms with Crippen LogP contribution in [0.25, 0.3) is 0 Å². The van der Waals surface area contributed by atoms with Gasteiger partial charge in [0.15, 0.2) is 11.5 Å². The van der Waals surface area contributed by atoms with Gasteiger partial charge in [-0.25, -0.2) is 0 Å². The van der Waals surface area contributed by atoms with Crippen LogP contribution in [0.5, 0.6) is 17.2 Å². The highest BCUT2D eigenvalue weighted by Crippen LogP contribution is 2.34. The van der Waals surface area contributed by atoms with E-state index in [4.69, 9.17) is 14.2 Å². The number of carbonyl (C=O) groups excluding carboxylic acids is 1. The van der Waals surface area contributed by atoms with E-state index in [0.29, 0.717) is 36.8 Å². The minimum Gasteiger partial charge on any atom is -0.496 e. The van der Waals surface area contributed by atoms with Crippen molar-refractivity contribution >= 4 is 11.6 Å². The Balaban J connectivity index is 1.92. The van der Waals surface area contributed by atoms with Crippen molar-refractivity contribution in [2.45, 2.75) is 13.0 Å². The van der Waals surface area contributed by atoms with E-state index >= 15 is 0 Å². The number of carbonyl (C=O) groups is 1. The highest BCUT2D eigenvalue weighted by molar-refractivity contribution is 5.97. The molecule has 0 fully saturated rings. The largest absolute Gasteiger partial charge is 0.496 e. The molecule has 0 spiro atoms. The highest BCUT2D eigenvalue weighted by atomic mass is 16.6. The number of amides is 1. The molecule has 8 nitrogen and oxygen atoms in total. The Hall–Kier alpha value is -3.29. The number of hydrogen-bond donors (Lipinski definition) is 0. The highest BCUT2D eigenvalue weighted by Gasteiger charge is 2.27. The Bertz CT molecular complexity index is 896. The SMILES string of the molecule is COc1cc2c(cc1OC)CN(C(=O)c1cc([N+](=O)[O-])ccc1OC)CC2. The number of benzene rings is 2. The van der Waals surface area contributed by atoms with Crippen LogP contribution in [0.2, 0.25) is 0 Å². The maximum atomic E-state index is 13.0. The zero-order chi connectivity index (χ0) is 19.6. The molecule has 142 valence electrons. The Morgan fingerprint density at radius 1 is 1.00 bits per heavy atom. The quantitative estimate of drug-likeness (QED) is 0.592. The molecule has 0 atom stereocenters. The van der Waals surface area contributed by atoms with Gasteiger partial charge in [0.05, 0.1) is 31.8 Å². The van der Waals surface area contributed by atoms with Gasteiger partial charge in [0.1, 0.15) is 5.75 Å². The number of ether oxygens (including phenoxy) is 3. The zero-order valence-corrected chi connectivity index (χ0v) is 15.4. The molecule has 0 N–H and O–H groups in total. The fraction of sp³-hybridized carbons (Fsp3) is 0.316. The van der Waals surface area contributed by atoms with Gasteiger partial charge < -0.3 is 19.1 Å². The van der Waals surface area contributed by atoms with Crippen molar-refractivity contribution in [3.8, 4) is 17.2 Å². The molecule has 0 aliphatic carbocycles. The van der Waals surface area contributed by atoms with Crippen LogP contribution in [0, 0.1) is 10.1 Å². The Kier molecular flexibility index (Phi) is 5.16. The number of methoxy groups -OCH3 is 3. The molecule has 2 aromatic carbocycles. The van der Waals surface area contributed by atoms with Gasteiger partial charge in [-0.15, -0.1) is 0 Å². The van der Waals surface area contributed by atoms with E-state index in [1.807, 2.05) is 12.1 Å². The average Bonchev–Trinajstić information content (AvgIpc) is 2.70. The summed E-state index contributed by atoms with van der Waals surface area (Å²) in [6, 6.07) is 7.79. The Labute approximate surface area is 156 Å². The van der Waals surface area contributed by atoms with Gasteiger partial charge in [0, 0.05) is 25.2 Å². The van der Waals surface area contributed by atoms with Gasteiger partial charge in [-0.2, -0.15) is 0 Å². The number of hydrogen-bond acceptors (Lipinski definition) is 6. The van der Waals surface area contributed by atoms with Crippen LogP contribution in [-0.4, -0.2) is 43.6 Å². The van der Waals surface area contributed by atoms with Crippen molar-refractivity contribution in [1.29, 1.82) is 0 Å². The predicted molar refractivity (Wildman–Crippen MR) is 97.6 cm³/mol. The first-order valence-corrected chi connectivity index (χ1v) is 8.34. The van der Waals surface area contributed by atoms with Crippen LogP contribution >= 0.6 is 0 Å². The maximum Gasteiger partial charge on any atom is 0.270 e. The lowest BCUT2D eigenvalue weighted by atomic mass is 9.98. The van der Waals surface area contributed by atoms with E-state index < -0.39 is 4.92 Å². The van der Waals surface area contributed by atoms with Crippen molar-refractivity contribution < 1.29 is 23.9 Å². The normalized spacial score (nSPS) is 12.9. The smallest absolute Gasteiger partial charge is 0.270 e. The van der Waals surface area contributed by atoms with Crippen molar-refractivity contribution in [2.24, 2.45) is 0 Å². The molecule has 1 aliphatic rings. The fourth-order valence-corrected chi connectivity index (χ4v) is 3.20. The number of rotatable bonds is 5.